The van der Waals surface area contributed by atoms with Crippen molar-refractivity contribution in [2.75, 3.05) is 6.61 Å². The Labute approximate surface area is 114 Å². The van der Waals surface area contributed by atoms with Crippen molar-refractivity contribution in [3.8, 4) is 11.5 Å². The van der Waals surface area contributed by atoms with Crippen LogP contribution in [0.3, 0.4) is 0 Å². The van der Waals surface area contributed by atoms with E-state index in [0.29, 0.717) is 0 Å². The first-order chi connectivity index (χ1) is 9.78. The van der Waals surface area contributed by atoms with Gasteiger partial charge in [0.2, 0.25) is 5.89 Å². The van der Waals surface area contributed by atoms with Gasteiger partial charge in [0, 0.05) is 17.1 Å². The molecule has 0 spiro atoms. The van der Waals surface area contributed by atoms with Gasteiger partial charge in [-0.3, -0.25) is 4.98 Å². The molecular formula is C14H11N3O3. The molecule has 3 aromatic rings. The van der Waals surface area contributed by atoms with Crippen molar-refractivity contribution in [3.05, 3.63) is 42.4 Å². The van der Waals surface area contributed by atoms with Gasteiger partial charge in [0.1, 0.15) is 0 Å². The first kappa shape index (κ1) is 12.3. The maximum absolute atomic E-state index is 11.5. The van der Waals surface area contributed by atoms with Crippen molar-refractivity contribution >= 4 is 16.9 Å². The Morgan fingerprint density at radius 3 is 3.05 bits per heavy atom. The van der Waals surface area contributed by atoms with E-state index in [0.717, 1.165) is 16.5 Å². The van der Waals surface area contributed by atoms with Crippen molar-refractivity contribution in [2.24, 2.45) is 0 Å². The molecule has 2 aromatic heterocycles. The van der Waals surface area contributed by atoms with E-state index in [9.17, 15) is 4.79 Å². The molecule has 0 aliphatic carbocycles. The quantitative estimate of drug-likeness (QED) is 0.679. The molecule has 1 aromatic carbocycles. The smallest absolute Gasteiger partial charge is 0.396 e. The van der Waals surface area contributed by atoms with Gasteiger partial charge < -0.3 is 9.15 Å². The van der Waals surface area contributed by atoms with Crippen molar-refractivity contribution < 1.29 is 13.9 Å². The first-order valence-electron chi connectivity index (χ1n) is 6.13. The van der Waals surface area contributed by atoms with Crippen LogP contribution in [0.2, 0.25) is 0 Å². The zero-order chi connectivity index (χ0) is 13.9. The number of hydrogen-bond donors (Lipinski definition) is 0. The largest absolute Gasteiger partial charge is 0.459 e. The van der Waals surface area contributed by atoms with Crippen LogP contribution in [0, 0.1) is 0 Å². The molecule has 0 N–H and O–H groups in total. The number of fused-ring (bicyclic) bond motifs is 1. The average Bonchev–Trinajstić information content (AvgIpc) is 2.97. The van der Waals surface area contributed by atoms with Gasteiger partial charge in [0.15, 0.2) is 0 Å². The van der Waals surface area contributed by atoms with Crippen molar-refractivity contribution in [1.29, 1.82) is 0 Å². The summed E-state index contributed by atoms with van der Waals surface area (Å²) in [4.78, 5) is 15.7. The summed E-state index contributed by atoms with van der Waals surface area (Å²) in [5.74, 6) is -0.486. The third-order valence-corrected chi connectivity index (χ3v) is 2.73. The summed E-state index contributed by atoms with van der Waals surface area (Å²) < 4.78 is 10.1. The fourth-order valence-corrected chi connectivity index (χ4v) is 1.82. The van der Waals surface area contributed by atoms with Gasteiger partial charge in [-0.1, -0.05) is 6.07 Å². The monoisotopic (exact) mass is 269 g/mol. The number of carbonyl (C=O) groups is 1. The molecule has 0 aliphatic heterocycles. The molecule has 20 heavy (non-hydrogen) atoms. The molecule has 0 unspecified atom stereocenters. The molecule has 0 atom stereocenters. The lowest BCUT2D eigenvalue weighted by molar-refractivity contribution is 0.0481. The van der Waals surface area contributed by atoms with Gasteiger partial charge >= 0.3 is 11.9 Å². The Hall–Kier alpha value is -2.76. The number of hydrogen-bond acceptors (Lipinski definition) is 6. The molecular weight excluding hydrogens is 258 g/mol. The molecule has 0 amide bonds. The third-order valence-electron chi connectivity index (χ3n) is 2.73. The Morgan fingerprint density at radius 1 is 1.30 bits per heavy atom. The van der Waals surface area contributed by atoms with Crippen LogP contribution in [0.1, 0.15) is 17.6 Å². The van der Waals surface area contributed by atoms with E-state index >= 15 is 0 Å². The summed E-state index contributed by atoms with van der Waals surface area (Å²) >= 11 is 0. The van der Waals surface area contributed by atoms with Crippen LogP contribution >= 0.6 is 0 Å². The summed E-state index contributed by atoms with van der Waals surface area (Å²) in [6.07, 6.45) is 1.73. The number of rotatable bonds is 3. The number of carbonyl (C=O) groups excluding carboxylic acids is 1. The van der Waals surface area contributed by atoms with E-state index in [1.807, 2.05) is 30.3 Å². The summed E-state index contributed by atoms with van der Waals surface area (Å²) in [6.45, 7) is 1.98. The van der Waals surface area contributed by atoms with E-state index in [1.165, 1.54) is 0 Å². The average molecular weight is 269 g/mol. The fraction of sp³-hybridized carbons (Fsp3) is 0.143. The number of pyridine rings is 1. The normalized spacial score (nSPS) is 10.7. The molecule has 0 radical (unpaired) electrons. The standard InChI is InChI=1S/C14H11N3O3/c1-2-19-14(18)13-17-16-12(20-13)10-5-6-11-9(8-10)4-3-7-15-11/h3-8H,2H2,1H3. The van der Waals surface area contributed by atoms with Crippen molar-refractivity contribution in [1.82, 2.24) is 15.2 Å². The van der Waals surface area contributed by atoms with Crippen LogP contribution in [0.4, 0.5) is 0 Å². The summed E-state index contributed by atoms with van der Waals surface area (Å²) in [7, 11) is 0. The van der Waals surface area contributed by atoms with Gasteiger partial charge in [0.25, 0.3) is 0 Å². The Morgan fingerprint density at radius 2 is 2.20 bits per heavy atom. The maximum atomic E-state index is 11.5. The second-order valence-corrected chi connectivity index (χ2v) is 4.04. The van der Waals surface area contributed by atoms with Crippen LogP contribution < -0.4 is 0 Å². The molecule has 6 heteroatoms. The zero-order valence-electron chi connectivity index (χ0n) is 10.7. The van der Waals surface area contributed by atoms with Gasteiger partial charge in [-0.25, -0.2) is 4.79 Å². The fourth-order valence-electron chi connectivity index (χ4n) is 1.82. The number of benzene rings is 1. The molecule has 0 saturated carbocycles. The number of nitrogens with zero attached hydrogens (tertiary/aromatic N) is 3. The Bertz CT molecular complexity index is 767. The predicted octanol–water partition coefficient (Wildman–Crippen LogP) is 2.46. The molecule has 100 valence electrons. The second kappa shape index (κ2) is 5.08. The number of aromatic nitrogens is 3. The molecule has 0 bridgehead atoms. The molecule has 3 rings (SSSR count). The minimum absolute atomic E-state index is 0.145. The highest BCUT2D eigenvalue weighted by molar-refractivity contribution is 5.85. The first-order valence-corrected chi connectivity index (χ1v) is 6.13. The van der Waals surface area contributed by atoms with Crippen LogP contribution in [-0.2, 0) is 4.74 Å². The summed E-state index contributed by atoms with van der Waals surface area (Å²) in [6, 6.07) is 9.35. The third kappa shape index (κ3) is 2.23. The Kier molecular flexibility index (Phi) is 3.12. The van der Waals surface area contributed by atoms with Gasteiger partial charge in [0.05, 0.1) is 12.1 Å². The van der Waals surface area contributed by atoms with Crippen LogP contribution in [-0.4, -0.2) is 27.8 Å². The van der Waals surface area contributed by atoms with Crippen molar-refractivity contribution in [2.45, 2.75) is 6.92 Å². The van der Waals surface area contributed by atoms with E-state index in [2.05, 4.69) is 15.2 Å². The van der Waals surface area contributed by atoms with Gasteiger partial charge in [-0.2, -0.15) is 0 Å². The number of esters is 1. The van der Waals surface area contributed by atoms with E-state index in [-0.39, 0.29) is 18.4 Å². The van der Waals surface area contributed by atoms with Crippen LogP contribution in [0.25, 0.3) is 22.4 Å². The van der Waals surface area contributed by atoms with Crippen LogP contribution in [0.15, 0.2) is 40.9 Å². The lowest BCUT2D eigenvalue weighted by Crippen LogP contribution is -2.04. The second-order valence-electron chi connectivity index (χ2n) is 4.04. The molecule has 0 saturated heterocycles. The van der Waals surface area contributed by atoms with Gasteiger partial charge in [-0.05, 0) is 31.2 Å². The predicted molar refractivity (Wildman–Crippen MR) is 71.0 cm³/mol. The SMILES string of the molecule is CCOC(=O)c1nnc(-c2ccc3ncccc3c2)o1. The highest BCUT2D eigenvalue weighted by Gasteiger charge is 2.16. The minimum Gasteiger partial charge on any atom is -0.459 e. The van der Waals surface area contributed by atoms with Gasteiger partial charge in [-0.15, -0.1) is 10.2 Å². The topological polar surface area (TPSA) is 78.1 Å². The molecule has 6 nitrogen and oxygen atoms in total. The highest BCUT2D eigenvalue weighted by Crippen LogP contribution is 2.22. The van der Waals surface area contributed by atoms with E-state index < -0.39 is 5.97 Å². The molecule has 0 aliphatic rings. The summed E-state index contributed by atoms with van der Waals surface area (Å²) in [5.41, 5.74) is 1.61. The van der Waals surface area contributed by atoms with Crippen LogP contribution in [0.5, 0.6) is 0 Å². The van der Waals surface area contributed by atoms with Crippen molar-refractivity contribution in [3.63, 3.8) is 0 Å². The number of ether oxygens (including phenoxy) is 1. The van der Waals surface area contributed by atoms with E-state index in [4.69, 9.17) is 9.15 Å². The zero-order valence-corrected chi connectivity index (χ0v) is 10.7. The Balaban J connectivity index is 1.96. The molecule has 0 fully saturated rings. The minimum atomic E-state index is -0.617. The highest BCUT2D eigenvalue weighted by atomic mass is 16.5. The molecule has 2 heterocycles. The summed E-state index contributed by atoms with van der Waals surface area (Å²) in [5, 5.41) is 8.50. The maximum Gasteiger partial charge on any atom is 0.396 e. The lowest BCUT2D eigenvalue weighted by atomic mass is 10.1. The van der Waals surface area contributed by atoms with E-state index in [1.54, 1.807) is 13.1 Å². The lowest BCUT2D eigenvalue weighted by Gasteiger charge is -1.98.